The molecule has 2 unspecified atom stereocenters. The van der Waals surface area contributed by atoms with Gasteiger partial charge in [-0.05, 0) is 25.2 Å². The van der Waals surface area contributed by atoms with Crippen molar-refractivity contribution in [3.05, 3.63) is 0 Å². The quantitative estimate of drug-likeness (QED) is 0.655. The summed E-state index contributed by atoms with van der Waals surface area (Å²) >= 11 is 0. The first-order valence-corrected chi connectivity index (χ1v) is 6.57. The number of amides is 2. The third-order valence-corrected chi connectivity index (χ3v) is 3.17. The molecule has 106 valence electrons. The van der Waals surface area contributed by atoms with Crippen LogP contribution in [0.25, 0.3) is 0 Å². The Morgan fingerprint density at radius 1 is 1.11 bits per heavy atom. The van der Waals surface area contributed by atoms with E-state index in [0.717, 1.165) is 6.42 Å². The monoisotopic (exact) mass is 258 g/mol. The molecule has 0 aromatic heterocycles. The molecule has 5 nitrogen and oxygen atoms in total. The number of rotatable bonds is 7. The van der Waals surface area contributed by atoms with Crippen molar-refractivity contribution in [2.75, 3.05) is 0 Å². The van der Waals surface area contributed by atoms with Crippen LogP contribution >= 0.6 is 0 Å². The molecular weight excluding hydrogens is 232 g/mol. The first kappa shape index (κ1) is 16.7. The van der Waals surface area contributed by atoms with Gasteiger partial charge in [0.25, 0.3) is 0 Å². The molecule has 0 aliphatic heterocycles. The highest BCUT2D eigenvalue weighted by Crippen LogP contribution is 2.07. The predicted molar refractivity (Wildman–Crippen MR) is 71.5 cm³/mol. The van der Waals surface area contributed by atoms with Crippen LogP contribution in [0.1, 0.15) is 47.5 Å². The molecule has 0 aromatic carbocycles. The Morgan fingerprint density at radius 2 is 1.67 bits per heavy atom. The maximum absolute atomic E-state index is 11.7. The number of nitrogens with one attached hydrogen (secondary N) is 2. The van der Waals surface area contributed by atoms with Crippen LogP contribution in [-0.4, -0.2) is 29.2 Å². The van der Waals surface area contributed by atoms with Crippen molar-refractivity contribution in [1.29, 1.82) is 0 Å². The molecule has 0 aliphatic rings. The molecule has 0 aromatic rings. The Kier molecular flexibility index (Phi) is 7.39. The van der Waals surface area contributed by atoms with E-state index in [1.165, 1.54) is 0 Å². The smallest absolute Gasteiger partial charge is 0.326 e. The first-order valence-electron chi connectivity index (χ1n) is 6.57. The van der Waals surface area contributed by atoms with Gasteiger partial charge in [-0.25, -0.2) is 9.59 Å². The van der Waals surface area contributed by atoms with E-state index in [-0.39, 0.29) is 12.0 Å². The number of aliphatic carboxylic acids is 1. The molecule has 3 N–H and O–H groups in total. The minimum atomic E-state index is -0.991. The Hall–Kier alpha value is -1.26. The van der Waals surface area contributed by atoms with Crippen molar-refractivity contribution >= 4 is 12.0 Å². The van der Waals surface area contributed by atoms with Crippen molar-refractivity contribution in [2.24, 2.45) is 11.8 Å². The average Bonchev–Trinajstić information content (AvgIpc) is 2.25. The number of hydrogen-bond acceptors (Lipinski definition) is 2. The van der Waals surface area contributed by atoms with Crippen LogP contribution in [-0.2, 0) is 4.79 Å². The molecule has 0 saturated carbocycles. The molecule has 18 heavy (non-hydrogen) atoms. The topological polar surface area (TPSA) is 78.4 Å². The summed E-state index contributed by atoms with van der Waals surface area (Å²) in [6.45, 7) is 9.88. The fraction of sp³-hybridized carbons (Fsp3) is 0.846. The third kappa shape index (κ3) is 6.47. The van der Waals surface area contributed by atoms with Gasteiger partial charge in [0.05, 0.1) is 0 Å². The van der Waals surface area contributed by atoms with Crippen molar-refractivity contribution in [3.63, 3.8) is 0 Å². The lowest BCUT2D eigenvalue weighted by atomic mass is 10.0. The van der Waals surface area contributed by atoms with Crippen LogP contribution in [0.3, 0.4) is 0 Å². The van der Waals surface area contributed by atoms with Crippen LogP contribution in [0.15, 0.2) is 0 Å². The number of urea groups is 1. The maximum Gasteiger partial charge on any atom is 0.326 e. The van der Waals surface area contributed by atoms with Gasteiger partial charge in [0.2, 0.25) is 0 Å². The molecular formula is C13H26N2O3. The highest BCUT2D eigenvalue weighted by atomic mass is 16.4. The molecule has 0 rings (SSSR count). The minimum Gasteiger partial charge on any atom is -0.480 e. The van der Waals surface area contributed by atoms with Crippen LogP contribution in [0, 0.1) is 11.8 Å². The molecule has 5 heteroatoms. The lowest BCUT2D eigenvalue weighted by molar-refractivity contribution is -0.139. The molecule has 0 bridgehead atoms. The second-order valence-electron chi connectivity index (χ2n) is 5.31. The largest absolute Gasteiger partial charge is 0.480 e. The highest BCUT2D eigenvalue weighted by molar-refractivity contribution is 5.82. The van der Waals surface area contributed by atoms with Crippen LogP contribution < -0.4 is 10.6 Å². The van der Waals surface area contributed by atoms with Gasteiger partial charge in [0, 0.05) is 6.04 Å². The fourth-order valence-corrected chi connectivity index (χ4v) is 1.60. The molecule has 0 heterocycles. The summed E-state index contributed by atoms with van der Waals surface area (Å²) in [5, 5.41) is 14.3. The van der Waals surface area contributed by atoms with E-state index in [2.05, 4.69) is 17.6 Å². The number of carbonyl (C=O) groups is 2. The third-order valence-electron chi connectivity index (χ3n) is 3.17. The molecule has 0 radical (unpaired) electrons. The number of carbonyl (C=O) groups excluding carboxylic acids is 1. The minimum absolute atomic E-state index is 0.0310. The molecule has 0 saturated heterocycles. The van der Waals surface area contributed by atoms with Crippen LogP contribution in [0.4, 0.5) is 4.79 Å². The summed E-state index contributed by atoms with van der Waals surface area (Å²) in [5.41, 5.74) is 0. The van der Waals surface area contributed by atoms with Gasteiger partial charge in [0.1, 0.15) is 6.04 Å². The van der Waals surface area contributed by atoms with Crippen molar-refractivity contribution in [3.8, 4) is 0 Å². The van der Waals surface area contributed by atoms with Gasteiger partial charge in [-0.2, -0.15) is 0 Å². The second kappa shape index (κ2) is 7.95. The van der Waals surface area contributed by atoms with Crippen molar-refractivity contribution in [1.82, 2.24) is 10.6 Å². The zero-order chi connectivity index (χ0) is 14.3. The van der Waals surface area contributed by atoms with Gasteiger partial charge in [-0.1, -0.05) is 34.1 Å². The average molecular weight is 258 g/mol. The summed E-state index contributed by atoms with van der Waals surface area (Å²) in [4.78, 5) is 22.7. The zero-order valence-corrected chi connectivity index (χ0v) is 12.0. The van der Waals surface area contributed by atoms with Crippen molar-refractivity contribution < 1.29 is 14.7 Å². The van der Waals surface area contributed by atoms with E-state index < -0.39 is 18.0 Å². The summed E-state index contributed by atoms with van der Waals surface area (Å²) in [6, 6.07) is -1.20. The number of carboxylic acid groups (broad SMARTS) is 1. The van der Waals surface area contributed by atoms with E-state index in [1.54, 1.807) is 0 Å². The lowest BCUT2D eigenvalue weighted by Crippen LogP contribution is -2.50. The molecule has 0 spiro atoms. The standard InChI is InChI=1S/C13H26N2O3/c1-6-9(4)10(5)14-13(18)15-11(12(16)17)7-8(2)3/h8-11H,6-7H2,1-5H3,(H,16,17)(H2,14,15,18)/t9?,10?,11-/m1/s1. The van der Waals surface area contributed by atoms with E-state index in [9.17, 15) is 9.59 Å². The van der Waals surface area contributed by atoms with Gasteiger partial charge in [0.15, 0.2) is 0 Å². The Bertz CT molecular complexity index is 279. The van der Waals surface area contributed by atoms with E-state index in [0.29, 0.717) is 12.3 Å². The summed E-state index contributed by atoms with van der Waals surface area (Å²) < 4.78 is 0. The van der Waals surface area contributed by atoms with Crippen LogP contribution in [0.5, 0.6) is 0 Å². The van der Waals surface area contributed by atoms with E-state index in [1.807, 2.05) is 27.7 Å². The second-order valence-corrected chi connectivity index (χ2v) is 5.31. The summed E-state index contributed by atoms with van der Waals surface area (Å²) in [6.07, 6.45) is 1.40. The number of carboxylic acids is 1. The number of hydrogen-bond donors (Lipinski definition) is 3. The van der Waals surface area contributed by atoms with Gasteiger partial charge >= 0.3 is 12.0 Å². The SMILES string of the molecule is CCC(C)C(C)NC(=O)N[C@H](CC(C)C)C(=O)O. The summed E-state index contributed by atoms with van der Waals surface area (Å²) in [5.74, 6) is -0.405. The van der Waals surface area contributed by atoms with Gasteiger partial charge in [-0.15, -0.1) is 0 Å². The fourth-order valence-electron chi connectivity index (χ4n) is 1.60. The first-order chi connectivity index (χ1) is 8.27. The zero-order valence-electron chi connectivity index (χ0n) is 12.0. The highest BCUT2D eigenvalue weighted by Gasteiger charge is 2.22. The molecule has 3 atom stereocenters. The Morgan fingerprint density at radius 3 is 2.06 bits per heavy atom. The van der Waals surface area contributed by atoms with E-state index >= 15 is 0 Å². The molecule has 0 aliphatic carbocycles. The van der Waals surface area contributed by atoms with Gasteiger partial charge in [-0.3, -0.25) is 0 Å². The lowest BCUT2D eigenvalue weighted by Gasteiger charge is -2.22. The molecule has 2 amide bonds. The summed E-state index contributed by atoms with van der Waals surface area (Å²) in [7, 11) is 0. The predicted octanol–water partition coefficient (Wildman–Crippen LogP) is 2.22. The van der Waals surface area contributed by atoms with E-state index in [4.69, 9.17) is 5.11 Å². The molecule has 0 fully saturated rings. The maximum atomic E-state index is 11.7. The van der Waals surface area contributed by atoms with Crippen molar-refractivity contribution in [2.45, 2.75) is 59.5 Å². The van der Waals surface area contributed by atoms with Crippen LogP contribution in [0.2, 0.25) is 0 Å². The normalized spacial score (nSPS) is 15.9. The Labute approximate surface area is 109 Å². The van der Waals surface area contributed by atoms with Gasteiger partial charge < -0.3 is 15.7 Å². The Balaban J connectivity index is 4.30.